The van der Waals surface area contributed by atoms with Gasteiger partial charge < -0.3 is 38.6 Å². The fourth-order valence-corrected chi connectivity index (χ4v) is 7.42. The normalized spacial score (nSPS) is 12.1. The van der Waals surface area contributed by atoms with Gasteiger partial charge in [-0.05, 0) is 71.4 Å². The Morgan fingerprint density at radius 3 is 1.06 bits per heavy atom. The van der Waals surface area contributed by atoms with Crippen LogP contribution in [0.3, 0.4) is 0 Å². The van der Waals surface area contributed by atoms with E-state index < -0.39 is 94.9 Å². The van der Waals surface area contributed by atoms with Gasteiger partial charge in [-0.2, -0.15) is 10.2 Å². The molecule has 0 aliphatic rings. The molecule has 62 heavy (non-hydrogen) atoms. The molecule has 6 aromatic carbocycles. The van der Waals surface area contributed by atoms with Gasteiger partial charge >= 0.3 is 110 Å². The van der Waals surface area contributed by atoms with Crippen molar-refractivity contribution < 1.29 is 81.9 Å². The topological polar surface area (TPSA) is 399 Å². The Labute approximate surface area is 430 Å². The van der Waals surface area contributed by atoms with Crippen LogP contribution >= 0.6 is 0 Å². The maximum absolute atomic E-state index is 12.5. The second kappa shape index (κ2) is 20.5. The summed E-state index contributed by atoms with van der Waals surface area (Å²) < 4.78 is 136. The van der Waals surface area contributed by atoms with E-state index in [0.717, 1.165) is 36.4 Å². The standard InChI is InChI=1S/2C17H12N2O9S2.2Ba/c2*20-16-14(30(26,27)28)8-9-7-10(29(23,24)25)5-6-11(9)15(16)19-18-13-4-2-1-3-12(13)17(21)22;;/h2*1-8,20H,(H,21,22)(H,23,24,25)(H,26,27,28);;/q;;2*+2/p-6. The van der Waals surface area contributed by atoms with E-state index in [1.54, 1.807) is 0 Å². The van der Waals surface area contributed by atoms with E-state index in [1.807, 2.05) is 0 Å². The number of hydrogen-bond donors (Lipinski definition) is 2. The first-order valence-corrected chi connectivity index (χ1v) is 21.3. The Hall–Kier alpha value is -3.64. The quantitative estimate of drug-likeness (QED) is 0.113. The minimum atomic E-state index is -5.29. The number of fused-ring (bicyclic) bond motifs is 2. The van der Waals surface area contributed by atoms with E-state index in [4.69, 9.17) is 0 Å². The average Bonchev–Trinajstić information content (AvgIpc) is 3.15. The molecule has 28 heteroatoms. The van der Waals surface area contributed by atoms with Crippen molar-refractivity contribution in [3.8, 4) is 11.5 Å². The van der Waals surface area contributed by atoms with Crippen LogP contribution in [-0.2, 0) is 40.5 Å². The number of carboxylic acids is 2. The van der Waals surface area contributed by atoms with Crippen molar-refractivity contribution in [2.24, 2.45) is 20.5 Å². The maximum Gasteiger partial charge on any atom is 2.00 e. The molecule has 0 aromatic heterocycles. The molecule has 0 amide bonds. The largest absolute Gasteiger partial charge is 2.00 e. The van der Waals surface area contributed by atoms with Crippen LogP contribution in [0.25, 0.3) is 21.5 Å². The second-order valence-electron chi connectivity index (χ2n) is 11.7. The fourth-order valence-electron chi connectivity index (χ4n) is 5.22. The number of nitrogens with zero attached hydrogens (tertiary/aromatic N) is 4. The number of carboxylic acid groups (broad SMARTS) is 2. The van der Waals surface area contributed by atoms with Crippen molar-refractivity contribution in [3.05, 3.63) is 108 Å². The zero-order valence-electron chi connectivity index (χ0n) is 30.5. The Balaban J connectivity index is 0.000000320. The van der Waals surface area contributed by atoms with Crippen molar-refractivity contribution in [3.63, 3.8) is 0 Å². The predicted molar refractivity (Wildman–Crippen MR) is 205 cm³/mol. The molecule has 0 aliphatic heterocycles. The van der Waals surface area contributed by atoms with Gasteiger partial charge in [-0.1, -0.05) is 47.9 Å². The molecule has 6 rings (SSSR count). The van der Waals surface area contributed by atoms with Crippen LogP contribution in [-0.4, -0.2) is 172 Å². The van der Waals surface area contributed by atoms with Crippen LogP contribution in [0.5, 0.6) is 11.5 Å². The zero-order chi connectivity index (χ0) is 44.5. The molecule has 22 nitrogen and oxygen atoms in total. The van der Waals surface area contributed by atoms with Gasteiger partial charge in [0.25, 0.3) is 0 Å². The Morgan fingerprint density at radius 2 is 0.774 bits per heavy atom. The van der Waals surface area contributed by atoms with Crippen LogP contribution < -0.4 is 10.2 Å². The first-order valence-electron chi connectivity index (χ1n) is 15.7. The SMILES string of the molecule is O=C(O)c1ccccc1N=Nc1c([O-])c(S(=O)(=O)[O-])cc2cc(S(=O)(=O)[O-])ccc12.O=C(O)c1ccccc1N=Nc1c([O-])c(S(=O)(=O)[O-])cc2cc(S(=O)(=O)[O-])ccc12.[Ba+2].[Ba+2]. The van der Waals surface area contributed by atoms with Gasteiger partial charge in [0.15, 0.2) is 0 Å². The smallest absolute Gasteiger partial charge is 0.870 e. The number of benzene rings is 6. The molecular weight excluding hydrogens is 1160 g/mol. The predicted octanol–water partition coefficient (Wildman–Crippen LogP) is 2.91. The third-order valence-electron chi connectivity index (χ3n) is 7.91. The summed E-state index contributed by atoms with van der Waals surface area (Å²) in [6.07, 6.45) is 0. The number of carbonyl (C=O) groups is 2. The number of rotatable bonds is 10. The van der Waals surface area contributed by atoms with Crippen LogP contribution in [0.4, 0.5) is 22.7 Å². The summed E-state index contributed by atoms with van der Waals surface area (Å²) in [4.78, 5) is 18.6. The van der Waals surface area contributed by atoms with Crippen LogP contribution in [0.2, 0.25) is 0 Å². The molecule has 0 fully saturated rings. The third kappa shape index (κ3) is 12.3. The third-order valence-corrected chi connectivity index (χ3v) is 11.3. The van der Waals surface area contributed by atoms with E-state index >= 15 is 0 Å². The van der Waals surface area contributed by atoms with E-state index in [1.165, 1.54) is 48.5 Å². The molecular formula is C34H18Ba2N4O18S4-2. The van der Waals surface area contributed by atoms with Gasteiger partial charge in [-0.3, -0.25) is 0 Å². The summed E-state index contributed by atoms with van der Waals surface area (Å²) in [6.45, 7) is 0. The van der Waals surface area contributed by atoms with Crippen molar-refractivity contribution in [1.82, 2.24) is 0 Å². The summed E-state index contributed by atoms with van der Waals surface area (Å²) in [5.41, 5.74) is -2.12. The first kappa shape index (κ1) is 52.7. The molecule has 0 bridgehead atoms. The molecule has 0 spiro atoms. The van der Waals surface area contributed by atoms with Crippen molar-refractivity contribution in [2.75, 3.05) is 0 Å². The summed E-state index contributed by atoms with van der Waals surface area (Å²) in [7, 11) is -20.4. The van der Waals surface area contributed by atoms with Gasteiger partial charge in [0, 0.05) is 20.6 Å². The van der Waals surface area contributed by atoms with Gasteiger partial charge in [0.05, 0.1) is 32.3 Å². The summed E-state index contributed by atoms with van der Waals surface area (Å²) in [6, 6.07) is 17.4. The van der Waals surface area contributed by atoms with E-state index in [0.29, 0.717) is 12.1 Å². The number of azo groups is 2. The molecule has 0 unspecified atom stereocenters. The number of aromatic carboxylic acids is 2. The minimum absolute atomic E-state index is 0. The van der Waals surface area contributed by atoms with Crippen molar-refractivity contribution in [2.45, 2.75) is 19.6 Å². The Morgan fingerprint density at radius 1 is 0.452 bits per heavy atom. The maximum atomic E-state index is 12.5. The molecule has 0 aliphatic carbocycles. The molecule has 0 radical (unpaired) electrons. The zero-order valence-corrected chi connectivity index (χ0v) is 42.6. The van der Waals surface area contributed by atoms with Crippen LogP contribution in [0.15, 0.2) is 137 Å². The Kier molecular flexibility index (Phi) is 17.4. The van der Waals surface area contributed by atoms with Crippen molar-refractivity contribution in [1.29, 1.82) is 0 Å². The second-order valence-corrected chi connectivity index (χ2v) is 17.2. The summed E-state index contributed by atoms with van der Waals surface area (Å²) in [5, 5.41) is 57.3. The van der Waals surface area contributed by atoms with E-state index in [9.17, 15) is 81.9 Å². The first-order chi connectivity index (χ1) is 27.8. The van der Waals surface area contributed by atoms with Gasteiger partial charge in [0.2, 0.25) is 0 Å². The molecule has 0 atom stereocenters. The Bertz CT molecular complexity index is 3090. The molecule has 0 saturated carbocycles. The molecule has 0 heterocycles. The summed E-state index contributed by atoms with van der Waals surface area (Å²) in [5.74, 6) is -5.30. The van der Waals surface area contributed by atoms with E-state index in [2.05, 4.69) is 20.5 Å². The van der Waals surface area contributed by atoms with Crippen LogP contribution in [0.1, 0.15) is 20.7 Å². The fraction of sp³-hybridized carbons (Fsp3) is 0. The monoisotopic (exact) mass is 1170 g/mol. The number of hydrogen-bond acceptors (Lipinski definition) is 20. The van der Waals surface area contributed by atoms with Crippen LogP contribution in [0, 0.1) is 0 Å². The molecule has 312 valence electrons. The van der Waals surface area contributed by atoms with E-state index in [-0.39, 0.29) is 142 Å². The molecule has 0 saturated heterocycles. The van der Waals surface area contributed by atoms with Gasteiger partial charge in [0.1, 0.15) is 51.8 Å². The minimum Gasteiger partial charge on any atom is -0.870 e. The molecule has 6 aromatic rings. The average molecular weight is 1170 g/mol. The van der Waals surface area contributed by atoms with Gasteiger partial charge in [-0.15, -0.1) is 10.2 Å². The molecule has 2 N–H and O–H groups in total. The van der Waals surface area contributed by atoms with Gasteiger partial charge in [-0.25, -0.2) is 43.3 Å². The van der Waals surface area contributed by atoms with Crippen molar-refractivity contribution >= 4 is 194 Å². The summed E-state index contributed by atoms with van der Waals surface area (Å²) >= 11 is 0.